The van der Waals surface area contributed by atoms with Crippen molar-refractivity contribution in [3.8, 4) is 11.5 Å². The van der Waals surface area contributed by atoms with Crippen molar-refractivity contribution in [1.82, 2.24) is 25.1 Å². The lowest BCUT2D eigenvalue weighted by Crippen LogP contribution is -2.31. The summed E-state index contributed by atoms with van der Waals surface area (Å²) in [6.45, 7) is 2.51. The van der Waals surface area contributed by atoms with Crippen molar-refractivity contribution < 1.29 is 4.42 Å². The Hall–Kier alpha value is -4.06. The minimum Gasteiger partial charge on any atom is -0.404 e. The first-order chi connectivity index (χ1) is 15.3. The SMILES string of the molecule is c1cc(-c2cc(Nc3nc(NCc4ccccc4)nc(N4CCCCC4)n3)n[nH]2)oc#1. The lowest BCUT2D eigenvalue weighted by Gasteiger charge is -2.27. The Bertz CT molecular complexity index is 1100. The van der Waals surface area contributed by atoms with Gasteiger partial charge in [0.25, 0.3) is 0 Å². The largest absolute Gasteiger partial charge is 0.404 e. The molecule has 4 aromatic rings. The van der Waals surface area contributed by atoms with Crippen LogP contribution in [0.3, 0.4) is 0 Å². The molecule has 1 fully saturated rings. The van der Waals surface area contributed by atoms with Gasteiger partial charge < -0.3 is 20.0 Å². The van der Waals surface area contributed by atoms with Crippen LogP contribution in [0.1, 0.15) is 24.8 Å². The Balaban J connectivity index is 1.38. The van der Waals surface area contributed by atoms with Crippen LogP contribution in [-0.4, -0.2) is 38.2 Å². The number of aromatic amines is 1. The average Bonchev–Trinajstić information content (AvgIpc) is 3.51. The van der Waals surface area contributed by atoms with Gasteiger partial charge in [-0.25, -0.2) is 0 Å². The molecule has 1 aliphatic rings. The molecule has 9 heteroatoms. The van der Waals surface area contributed by atoms with Crippen LogP contribution in [0.5, 0.6) is 0 Å². The Morgan fingerprint density at radius 2 is 1.87 bits per heavy atom. The van der Waals surface area contributed by atoms with Gasteiger partial charge in [0.15, 0.2) is 11.6 Å². The van der Waals surface area contributed by atoms with Crippen LogP contribution >= 0.6 is 0 Å². The summed E-state index contributed by atoms with van der Waals surface area (Å²) in [7, 11) is 0. The molecule has 5 rings (SSSR count). The second-order valence-corrected chi connectivity index (χ2v) is 7.32. The van der Waals surface area contributed by atoms with E-state index >= 15 is 0 Å². The Kier molecular flexibility index (Phi) is 5.35. The lowest BCUT2D eigenvalue weighted by atomic mass is 10.1. The maximum atomic E-state index is 5.24. The zero-order chi connectivity index (χ0) is 20.9. The van der Waals surface area contributed by atoms with Crippen LogP contribution in [0.25, 0.3) is 11.5 Å². The van der Waals surface area contributed by atoms with Gasteiger partial charge in [0.1, 0.15) is 12.0 Å². The minimum atomic E-state index is 0.432. The first-order valence-electron chi connectivity index (χ1n) is 10.3. The molecule has 156 valence electrons. The molecule has 3 N–H and O–H groups in total. The maximum Gasteiger partial charge on any atom is 0.235 e. The van der Waals surface area contributed by atoms with Gasteiger partial charge >= 0.3 is 0 Å². The molecule has 0 amide bonds. The monoisotopic (exact) mass is 414 g/mol. The smallest absolute Gasteiger partial charge is 0.235 e. The van der Waals surface area contributed by atoms with Crippen molar-refractivity contribution in [1.29, 1.82) is 0 Å². The van der Waals surface area contributed by atoms with Gasteiger partial charge in [-0.05, 0) is 30.9 Å². The van der Waals surface area contributed by atoms with Gasteiger partial charge in [0.2, 0.25) is 17.8 Å². The first kappa shape index (κ1) is 18.9. The molecule has 0 spiro atoms. The van der Waals surface area contributed by atoms with Crippen LogP contribution in [0, 0.1) is 12.3 Å². The summed E-state index contributed by atoms with van der Waals surface area (Å²) >= 11 is 0. The molecular formula is C22H22N8O. The van der Waals surface area contributed by atoms with Crippen LogP contribution in [0.2, 0.25) is 0 Å². The molecule has 0 unspecified atom stereocenters. The van der Waals surface area contributed by atoms with Gasteiger partial charge in [-0.1, -0.05) is 30.3 Å². The molecule has 0 radical (unpaired) electrons. The predicted molar refractivity (Wildman–Crippen MR) is 117 cm³/mol. The van der Waals surface area contributed by atoms with Crippen LogP contribution in [-0.2, 0) is 6.54 Å². The summed E-state index contributed by atoms with van der Waals surface area (Å²) in [6.07, 6.45) is 6.07. The predicted octanol–water partition coefficient (Wildman–Crippen LogP) is 3.80. The second-order valence-electron chi connectivity index (χ2n) is 7.32. The van der Waals surface area contributed by atoms with E-state index in [4.69, 9.17) is 4.42 Å². The number of anilines is 4. The number of hydrogen-bond donors (Lipinski definition) is 3. The molecule has 31 heavy (non-hydrogen) atoms. The quantitative estimate of drug-likeness (QED) is 0.419. The Labute approximate surface area is 179 Å². The van der Waals surface area contributed by atoms with Crippen molar-refractivity contribution in [3.05, 3.63) is 60.4 Å². The molecule has 1 saturated heterocycles. The molecule has 0 aliphatic carbocycles. The molecule has 3 aromatic heterocycles. The molecule has 0 bridgehead atoms. The summed E-state index contributed by atoms with van der Waals surface area (Å²) in [5.74, 6) is 2.81. The molecule has 1 aliphatic heterocycles. The highest BCUT2D eigenvalue weighted by molar-refractivity contribution is 5.60. The van der Waals surface area contributed by atoms with Crippen LogP contribution in [0.15, 0.2) is 46.9 Å². The Morgan fingerprint density at radius 1 is 1.03 bits per heavy atom. The summed E-state index contributed by atoms with van der Waals surface area (Å²) in [5, 5.41) is 13.7. The van der Waals surface area contributed by atoms with Gasteiger partial charge in [-0.3, -0.25) is 5.10 Å². The highest BCUT2D eigenvalue weighted by Gasteiger charge is 2.17. The third-order valence-electron chi connectivity index (χ3n) is 5.06. The number of piperidine rings is 1. The molecule has 0 atom stereocenters. The average molecular weight is 414 g/mol. The molecule has 0 saturated carbocycles. The standard InChI is InChI=1S/C22H22N8O/c1-3-8-16(9-4-1)15-23-20-25-21(27-22(26-20)30-11-5-2-6-12-30)24-19-14-17(28-29-19)18-10-7-13-31-18/h1,3-4,8-10,14H,2,5-6,11-12,15H2,(H3,23,24,25,26,27,28,29). The lowest BCUT2D eigenvalue weighted by molar-refractivity contribution is 0.568. The number of rotatable bonds is 7. The van der Waals surface area contributed by atoms with Crippen molar-refractivity contribution in [2.24, 2.45) is 0 Å². The van der Waals surface area contributed by atoms with Crippen molar-refractivity contribution in [2.75, 3.05) is 28.6 Å². The summed E-state index contributed by atoms with van der Waals surface area (Å²) in [4.78, 5) is 16.1. The fourth-order valence-electron chi connectivity index (χ4n) is 3.48. The third-order valence-corrected chi connectivity index (χ3v) is 5.06. The number of aromatic nitrogens is 5. The Morgan fingerprint density at radius 3 is 2.68 bits per heavy atom. The number of benzene rings is 1. The highest BCUT2D eigenvalue weighted by atomic mass is 16.3. The fourth-order valence-corrected chi connectivity index (χ4v) is 3.48. The van der Waals surface area contributed by atoms with Gasteiger partial charge in [-0.2, -0.15) is 20.1 Å². The van der Waals surface area contributed by atoms with Crippen LogP contribution in [0.4, 0.5) is 23.7 Å². The second kappa shape index (κ2) is 8.75. The van der Waals surface area contributed by atoms with Crippen molar-refractivity contribution in [2.45, 2.75) is 25.8 Å². The van der Waals surface area contributed by atoms with Crippen molar-refractivity contribution in [3.63, 3.8) is 0 Å². The minimum absolute atomic E-state index is 0.432. The zero-order valence-electron chi connectivity index (χ0n) is 16.9. The topological polar surface area (TPSA) is 108 Å². The van der Waals surface area contributed by atoms with Gasteiger partial charge in [-0.15, -0.1) is 0 Å². The van der Waals surface area contributed by atoms with E-state index in [0.29, 0.717) is 41.7 Å². The first-order valence-corrected chi connectivity index (χ1v) is 10.3. The number of hydrogen-bond acceptors (Lipinski definition) is 8. The fraction of sp³-hybridized carbons (Fsp3) is 0.273. The highest BCUT2D eigenvalue weighted by Crippen LogP contribution is 2.23. The van der Waals surface area contributed by atoms with E-state index in [2.05, 4.69) is 65.1 Å². The van der Waals surface area contributed by atoms with E-state index < -0.39 is 0 Å². The number of nitrogens with one attached hydrogen (secondary N) is 3. The summed E-state index contributed by atoms with van der Waals surface area (Å²) in [5.41, 5.74) is 1.87. The molecular weight excluding hydrogens is 392 g/mol. The van der Waals surface area contributed by atoms with Crippen LogP contribution < -0.4 is 15.5 Å². The van der Waals surface area contributed by atoms with E-state index in [1.165, 1.54) is 6.42 Å². The summed E-state index contributed by atoms with van der Waals surface area (Å²) < 4.78 is 5.24. The van der Waals surface area contributed by atoms with E-state index in [-0.39, 0.29) is 0 Å². The maximum absolute atomic E-state index is 5.24. The molecule has 9 nitrogen and oxygen atoms in total. The number of nitrogens with zero attached hydrogens (tertiary/aromatic N) is 5. The third kappa shape index (κ3) is 4.59. The molecule has 4 heterocycles. The van der Waals surface area contributed by atoms with Gasteiger partial charge in [0.05, 0.1) is 0 Å². The van der Waals surface area contributed by atoms with E-state index in [1.807, 2.05) is 24.3 Å². The van der Waals surface area contributed by atoms with E-state index in [9.17, 15) is 0 Å². The van der Waals surface area contributed by atoms with Gasteiger partial charge in [0, 0.05) is 31.8 Å². The van der Waals surface area contributed by atoms with Crippen molar-refractivity contribution >= 4 is 23.7 Å². The molecule has 1 aromatic carbocycles. The zero-order valence-corrected chi connectivity index (χ0v) is 16.9. The summed E-state index contributed by atoms with van der Waals surface area (Å²) in [6, 6.07) is 16.4. The van der Waals surface area contributed by atoms with E-state index in [0.717, 1.165) is 31.5 Å². The normalized spacial score (nSPS) is 13.6. The van der Waals surface area contributed by atoms with E-state index in [1.54, 1.807) is 6.07 Å². The number of H-pyrrole nitrogens is 1.